The third kappa shape index (κ3) is 4.60. The lowest BCUT2D eigenvalue weighted by Gasteiger charge is -2.06. The Bertz CT molecular complexity index is 503. The fourth-order valence-corrected chi connectivity index (χ4v) is 1.73. The van der Waals surface area contributed by atoms with Gasteiger partial charge < -0.3 is 10.1 Å². The van der Waals surface area contributed by atoms with Gasteiger partial charge in [-0.2, -0.15) is 0 Å². The molecular weight excluding hydrogens is 234 g/mol. The van der Waals surface area contributed by atoms with E-state index in [-0.39, 0.29) is 0 Å². The minimum absolute atomic E-state index is 0.607. The quantitative estimate of drug-likeness (QED) is 0.850. The fraction of sp³-hybridized carbons (Fsp3) is 0.176. The number of rotatable bonds is 6. The molecule has 2 rings (SSSR count). The van der Waals surface area contributed by atoms with E-state index in [0.717, 1.165) is 12.3 Å². The standard InChI is InChI=1S/C17H19NO/c1-18-13-5-8-15-9-11-17(12-10-15)19-14-16-6-3-2-4-7-16/h2-12,18H,13-14H2,1H3/b8-5+. The SMILES string of the molecule is CNC/C=C/c1ccc(OCc2ccccc2)cc1. The maximum absolute atomic E-state index is 5.74. The van der Waals surface area contributed by atoms with Crippen LogP contribution in [0.3, 0.4) is 0 Å². The van der Waals surface area contributed by atoms with Crippen molar-refractivity contribution in [2.24, 2.45) is 0 Å². The Morgan fingerprint density at radius 3 is 2.42 bits per heavy atom. The van der Waals surface area contributed by atoms with Crippen LogP contribution in [0.2, 0.25) is 0 Å². The zero-order chi connectivity index (χ0) is 13.3. The van der Waals surface area contributed by atoms with E-state index in [1.54, 1.807) is 0 Å². The van der Waals surface area contributed by atoms with Gasteiger partial charge in [-0.3, -0.25) is 0 Å². The first-order chi connectivity index (χ1) is 9.38. The minimum atomic E-state index is 0.607. The molecule has 0 bridgehead atoms. The van der Waals surface area contributed by atoms with E-state index in [1.165, 1.54) is 11.1 Å². The van der Waals surface area contributed by atoms with Gasteiger partial charge >= 0.3 is 0 Å². The van der Waals surface area contributed by atoms with Crippen molar-refractivity contribution in [3.63, 3.8) is 0 Å². The van der Waals surface area contributed by atoms with Crippen LogP contribution in [0.4, 0.5) is 0 Å². The molecule has 0 unspecified atom stereocenters. The van der Waals surface area contributed by atoms with Crippen molar-refractivity contribution < 1.29 is 4.74 Å². The third-order valence-electron chi connectivity index (χ3n) is 2.76. The highest BCUT2D eigenvalue weighted by atomic mass is 16.5. The summed E-state index contributed by atoms with van der Waals surface area (Å²) in [7, 11) is 1.94. The highest BCUT2D eigenvalue weighted by molar-refractivity contribution is 5.50. The molecule has 0 heterocycles. The van der Waals surface area contributed by atoms with E-state index in [1.807, 2.05) is 37.4 Å². The first-order valence-electron chi connectivity index (χ1n) is 6.46. The number of ether oxygens (including phenoxy) is 1. The molecule has 0 saturated heterocycles. The van der Waals surface area contributed by atoms with Crippen molar-refractivity contribution in [3.05, 3.63) is 71.8 Å². The molecule has 2 heteroatoms. The van der Waals surface area contributed by atoms with Gasteiger partial charge in [0.2, 0.25) is 0 Å². The third-order valence-corrected chi connectivity index (χ3v) is 2.76. The van der Waals surface area contributed by atoms with Gasteiger partial charge in [-0.1, -0.05) is 54.6 Å². The predicted octanol–water partition coefficient (Wildman–Crippen LogP) is 3.50. The molecule has 2 aromatic carbocycles. The van der Waals surface area contributed by atoms with E-state index < -0.39 is 0 Å². The molecule has 0 aromatic heterocycles. The first kappa shape index (κ1) is 13.4. The highest BCUT2D eigenvalue weighted by Crippen LogP contribution is 2.14. The molecule has 19 heavy (non-hydrogen) atoms. The summed E-state index contributed by atoms with van der Waals surface area (Å²) in [4.78, 5) is 0. The molecule has 0 saturated carbocycles. The maximum Gasteiger partial charge on any atom is 0.119 e. The van der Waals surface area contributed by atoms with Gasteiger partial charge in [0.1, 0.15) is 12.4 Å². The van der Waals surface area contributed by atoms with Crippen molar-refractivity contribution in [1.82, 2.24) is 5.32 Å². The molecule has 2 nitrogen and oxygen atoms in total. The molecule has 98 valence electrons. The van der Waals surface area contributed by atoms with Crippen LogP contribution in [0.25, 0.3) is 6.08 Å². The fourth-order valence-electron chi connectivity index (χ4n) is 1.73. The summed E-state index contributed by atoms with van der Waals surface area (Å²) in [5, 5.41) is 3.08. The number of likely N-dealkylation sites (N-methyl/N-ethyl adjacent to an activating group) is 1. The van der Waals surface area contributed by atoms with Crippen LogP contribution in [-0.4, -0.2) is 13.6 Å². The van der Waals surface area contributed by atoms with Crippen LogP contribution in [0.5, 0.6) is 5.75 Å². The van der Waals surface area contributed by atoms with Crippen molar-refractivity contribution >= 4 is 6.08 Å². The molecule has 0 fully saturated rings. The number of hydrogen-bond acceptors (Lipinski definition) is 2. The Kier molecular flexibility index (Phi) is 5.20. The maximum atomic E-state index is 5.74. The van der Waals surface area contributed by atoms with Crippen LogP contribution in [-0.2, 0) is 6.61 Å². The Hall–Kier alpha value is -2.06. The largest absolute Gasteiger partial charge is 0.489 e. The molecule has 0 aliphatic rings. The normalized spacial score (nSPS) is 10.8. The Balaban J connectivity index is 1.88. The number of benzene rings is 2. The second-order valence-corrected chi connectivity index (χ2v) is 4.30. The lowest BCUT2D eigenvalue weighted by atomic mass is 10.2. The van der Waals surface area contributed by atoms with Crippen LogP contribution in [0, 0.1) is 0 Å². The van der Waals surface area contributed by atoms with Crippen LogP contribution in [0.15, 0.2) is 60.7 Å². The highest BCUT2D eigenvalue weighted by Gasteiger charge is 1.95. The first-order valence-corrected chi connectivity index (χ1v) is 6.46. The Morgan fingerprint density at radius 2 is 1.74 bits per heavy atom. The van der Waals surface area contributed by atoms with Gasteiger partial charge in [-0.25, -0.2) is 0 Å². The molecule has 0 amide bonds. The molecule has 0 aliphatic carbocycles. The predicted molar refractivity (Wildman–Crippen MR) is 80.2 cm³/mol. The minimum Gasteiger partial charge on any atom is -0.489 e. The molecule has 2 aromatic rings. The molecule has 1 N–H and O–H groups in total. The number of nitrogens with one attached hydrogen (secondary N) is 1. The summed E-state index contributed by atoms with van der Waals surface area (Å²) in [5.41, 5.74) is 2.36. The van der Waals surface area contributed by atoms with Crippen molar-refractivity contribution in [2.45, 2.75) is 6.61 Å². The second-order valence-electron chi connectivity index (χ2n) is 4.30. The van der Waals surface area contributed by atoms with Crippen molar-refractivity contribution in [1.29, 1.82) is 0 Å². The van der Waals surface area contributed by atoms with Gasteiger partial charge in [0.25, 0.3) is 0 Å². The average Bonchev–Trinajstić information content (AvgIpc) is 2.48. The van der Waals surface area contributed by atoms with Gasteiger partial charge in [0.05, 0.1) is 0 Å². The topological polar surface area (TPSA) is 21.3 Å². The van der Waals surface area contributed by atoms with E-state index in [0.29, 0.717) is 6.61 Å². The lowest BCUT2D eigenvalue weighted by molar-refractivity contribution is 0.306. The van der Waals surface area contributed by atoms with E-state index in [2.05, 4.69) is 41.7 Å². The number of hydrogen-bond donors (Lipinski definition) is 1. The van der Waals surface area contributed by atoms with Crippen LogP contribution < -0.4 is 10.1 Å². The lowest BCUT2D eigenvalue weighted by Crippen LogP contribution is -2.03. The summed E-state index contributed by atoms with van der Waals surface area (Å²) in [5.74, 6) is 0.898. The summed E-state index contributed by atoms with van der Waals surface area (Å²) in [6, 6.07) is 18.3. The van der Waals surface area contributed by atoms with E-state index >= 15 is 0 Å². The summed E-state index contributed by atoms with van der Waals surface area (Å²) in [6.07, 6.45) is 4.19. The summed E-state index contributed by atoms with van der Waals surface area (Å²) in [6.45, 7) is 1.49. The van der Waals surface area contributed by atoms with Gasteiger partial charge in [-0.15, -0.1) is 0 Å². The van der Waals surface area contributed by atoms with Crippen molar-refractivity contribution in [3.8, 4) is 5.75 Å². The molecule has 0 spiro atoms. The molecule has 0 atom stereocenters. The second kappa shape index (κ2) is 7.39. The van der Waals surface area contributed by atoms with E-state index in [4.69, 9.17) is 4.74 Å². The molecular formula is C17H19NO. The molecule has 0 aliphatic heterocycles. The molecule has 0 radical (unpaired) electrons. The van der Waals surface area contributed by atoms with Crippen LogP contribution in [0.1, 0.15) is 11.1 Å². The van der Waals surface area contributed by atoms with Crippen molar-refractivity contribution in [2.75, 3.05) is 13.6 Å². The summed E-state index contributed by atoms with van der Waals surface area (Å²) >= 11 is 0. The smallest absolute Gasteiger partial charge is 0.119 e. The zero-order valence-corrected chi connectivity index (χ0v) is 11.2. The Morgan fingerprint density at radius 1 is 1.00 bits per heavy atom. The Labute approximate surface area is 114 Å². The summed E-state index contributed by atoms with van der Waals surface area (Å²) < 4.78 is 5.74. The van der Waals surface area contributed by atoms with Gasteiger partial charge in [0.15, 0.2) is 0 Å². The average molecular weight is 253 g/mol. The van der Waals surface area contributed by atoms with Crippen LogP contribution >= 0.6 is 0 Å². The van der Waals surface area contributed by atoms with Gasteiger partial charge in [0, 0.05) is 6.54 Å². The van der Waals surface area contributed by atoms with Gasteiger partial charge in [-0.05, 0) is 30.3 Å². The zero-order valence-electron chi connectivity index (χ0n) is 11.2. The monoisotopic (exact) mass is 253 g/mol. The van der Waals surface area contributed by atoms with E-state index in [9.17, 15) is 0 Å².